The van der Waals surface area contributed by atoms with Crippen LogP contribution in [0.5, 0.6) is 0 Å². The zero-order valence-corrected chi connectivity index (χ0v) is 13.3. The third-order valence-corrected chi connectivity index (χ3v) is 3.20. The Morgan fingerprint density at radius 3 is 2.73 bits per heavy atom. The number of carbonyl (C=O) groups excluding carboxylic acids is 2. The first kappa shape index (κ1) is 16.4. The Bertz CT molecular complexity index is 710. The molecule has 2 rings (SSSR count). The van der Waals surface area contributed by atoms with Crippen molar-refractivity contribution in [2.75, 3.05) is 11.9 Å². The number of rotatable bonds is 4. The molecule has 0 aliphatic carbocycles. The van der Waals surface area contributed by atoms with Gasteiger partial charge in [0.05, 0.1) is 10.6 Å². The van der Waals surface area contributed by atoms with Crippen molar-refractivity contribution in [3.63, 3.8) is 0 Å². The molecule has 114 valence electrons. The molecule has 1 N–H and O–H groups in total. The maximum absolute atomic E-state index is 13.6. The summed E-state index contributed by atoms with van der Waals surface area (Å²) in [5, 5.41) is 2.84. The summed E-state index contributed by atoms with van der Waals surface area (Å²) in [6.07, 6.45) is 1.36. The molecule has 0 aliphatic heterocycles. The quantitative estimate of drug-likeness (QED) is 0.816. The Hall–Kier alpha value is -1.99. The third-order valence-electron chi connectivity index (χ3n) is 2.48. The van der Waals surface area contributed by atoms with Crippen LogP contribution in [-0.4, -0.2) is 23.5 Å². The molecule has 1 aromatic heterocycles. The summed E-state index contributed by atoms with van der Waals surface area (Å²) in [5.41, 5.74) is -0.249. The van der Waals surface area contributed by atoms with Gasteiger partial charge in [-0.3, -0.25) is 4.79 Å². The zero-order valence-electron chi connectivity index (χ0n) is 11.0. The molecule has 1 amide bonds. The lowest BCUT2D eigenvalue weighted by Crippen LogP contribution is -2.21. The van der Waals surface area contributed by atoms with E-state index >= 15 is 0 Å². The number of nitrogens with one attached hydrogen (secondary N) is 1. The van der Waals surface area contributed by atoms with E-state index in [1.165, 1.54) is 24.4 Å². The molecule has 0 saturated carbocycles. The van der Waals surface area contributed by atoms with Crippen LogP contribution in [-0.2, 0) is 9.53 Å². The minimum Gasteiger partial charge on any atom is -0.452 e. The van der Waals surface area contributed by atoms with Crippen LogP contribution < -0.4 is 5.32 Å². The minimum atomic E-state index is -0.927. The molecule has 0 saturated heterocycles. The fourth-order valence-electron chi connectivity index (χ4n) is 1.49. The molecule has 22 heavy (non-hydrogen) atoms. The number of nitrogens with zero attached hydrogens (tertiary/aromatic N) is 1. The number of hydrogen-bond acceptors (Lipinski definition) is 4. The van der Waals surface area contributed by atoms with Crippen LogP contribution in [0.2, 0.25) is 5.02 Å². The van der Waals surface area contributed by atoms with Crippen LogP contribution in [0.15, 0.2) is 41.0 Å². The summed E-state index contributed by atoms with van der Waals surface area (Å²) in [5.74, 6) is -2.00. The fraction of sp³-hybridized carbons (Fsp3) is 0.0714. The first-order valence-corrected chi connectivity index (χ1v) is 7.16. The molecule has 0 aliphatic rings. The molecule has 0 fully saturated rings. The lowest BCUT2D eigenvalue weighted by Gasteiger charge is -2.07. The van der Waals surface area contributed by atoms with Gasteiger partial charge in [-0.1, -0.05) is 27.5 Å². The van der Waals surface area contributed by atoms with Gasteiger partial charge in [-0.05, 0) is 30.3 Å². The second-order valence-corrected chi connectivity index (χ2v) is 5.46. The third kappa shape index (κ3) is 4.51. The molecule has 0 radical (unpaired) electrons. The van der Waals surface area contributed by atoms with Crippen LogP contribution in [0.4, 0.5) is 10.2 Å². The van der Waals surface area contributed by atoms with E-state index in [0.717, 1.165) is 6.07 Å². The Balaban J connectivity index is 1.90. The molecular weight excluding hydrogens is 379 g/mol. The number of ether oxygens (including phenoxy) is 1. The van der Waals surface area contributed by atoms with Crippen LogP contribution in [0.3, 0.4) is 0 Å². The lowest BCUT2D eigenvalue weighted by molar-refractivity contribution is -0.119. The maximum Gasteiger partial charge on any atom is 0.341 e. The summed E-state index contributed by atoms with van der Waals surface area (Å²) in [6, 6.07) is 6.94. The van der Waals surface area contributed by atoms with Crippen molar-refractivity contribution in [1.82, 2.24) is 4.98 Å². The van der Waals surface area contributed by atoms with Crippen molar-refractivity contribution in [1.29, 1.82) is 0 Å². The van der Waals surface area contributed by atoms with E-state index in [-0.39, 0.29) is 11.4 Å². The smallest absolute Gasteiger partial charge is 0.341 e. The molecule has 8 heteroatoms. The summed E-state index contributed by atoms with van der Waals surface area (Å²) in [4.78, 5) is 27.2. The maximum atomic E-state index is 13.6. The molecule has 1 aromatic carbocycles. The first-order valence-electron chi connectivity index (χ1n) is 5.99. The summed E-state index contributed by atoms with van der Waals surface area (Å²) < 4.78 is 18.8. The second kappa shape index (κ2) is 7.33. The van der Waals surface area contributed by atoms with Gasteiger partial charge in [-0.2, -0.15) is 0 Å². The van der Waals surface area contributed by atoms with E-state index in [1.54, 1.807) is 6.07 Å². The van der Waals surface area contributed by atoms with E-state index in [4.69, 9.17) is 16.3 Å². The van der Waals surface area contributed by atoms with Crippen molar-refractivity contribution >= 4 is 45.2 Å². The fourth-order valence-corrected chi connectivity index (χ4v) is 1.94. The van der Waals surface area contributed by atoms with Gasteiger partial charge in [0.2, 0.25) is 0 Å². The highest BCUT2D eigenvalue weighted by Crippen LogP contribution is 2.16. The number of halogens is 3. The highest BCUT2D eigenvalue weighted by atomic mass is 79.9. The monoisotopic (exact) mass is 386 g/mol. The van der Waals surface area contributed by atoms with Crippen LogP contribution >= 0.6 is 27.5 Å². The summed E-state index contributed by atoms with van der Waals surface area (Å²) in [7, 11) is 0. The van der Waals surface area contributed by atoms with E-state index < -0.39 is 24.3 Å². The highest BCUT2D eigenvalue weighted by Gasteiger charge is 2.15. The van der Waals surface area contributed by atoms with Gasteiger partial charge in [0, 0.05) is 10.7 Å². The average molecular weight is 388 g/mol. The molecule has 5 nitrogen and oxygen atoms in total. The predicted octanol–water partition coefficient (Wildman–Crippen LogP) is 3.43. The number of hydrogen-bond donors (Lipinski definition) is 1. The van der Waals surface area contributed by atoms with E-state index in [1.807, 2.05) is 0 Å². The number of anilines is 1. The molecule has 0 atom stereocenters. The van der Waals surface area contributed by atoms with Crippen molar-refractivity contribution in [2.45, 2.75) is 0 Å². The molecule has 2 aromatic rings. The summed E-state index contributed by atoms with van der Waals surface area (Å²) in [6.45, 7) is -0.557. The highest BCUT2D eigenvalue weighted by molar-refractivity contribution is 9.10. The molecule has 1 heterocycles. The Labute approximate surface area is 138 Å². The van der Waals surface area contributed by atoms with Gasteiger partial charge >= 0.3 is 5.97 Å². The van der Waals surface area contributed by atoms with Gasteiger partial charge in [-0.25, -0.2) is 14.2 Å². The van der Waals surface area contributed by atoms with Crippen LogP contribution in [0.25, 0.3) is 0 Å². The van der Waals surface area contributed by atoms with Gasteiger partial charge in [0.1, 0.15) is 11.6 Å². The number of benzene rings is 1. The van der Waals surface area contributed by atoms with Crippen molar-refractivity contribution in [3.05, 3.63) is 57.4 Å². The summed E-state index contributed by atoms with van der Waals surface area (Å²) >= 11 is 8.74. The largest absolute Gasteiger partial charge is 0.452 e. The SMILES string of the molecule is O=C(COC(=O)c1ccc(Br)cc1F)Nc1ccc(Cl)cn1. The van der Waals surface area contributed by atoms with Crippen LogP contribution in [0.1, 0.15) is 10.4 Å². The number of carbonyl (C=O) groups is 2. The van der Waals surface area contributed by atoms with E-state index in [9.17, 15) is 14.0 Å². The van der Waals surface area contributed by atoms with Gasteiger partial charge in [0.25, 0.3) is 5.91 Å². The Kier molecular flexibility index (Phi) is 5.46. The predicted molar refractivity (Wildman–Crippen MR) is 82.3 cm³/mol. The normalized spacial score (nSPS) is 10.1. The van der Waals surface area contributed by atoms with Gasteiger partial charge in [-0.15, -0.1) is 0 Å². The molecular formula is C14H9BrClFN2O3. The number of amides is 1. The Morgan fingerprint density at radius 1 is 1.32 bits per heavy atom. The molecule has 0 bridgehead atoms. The minimum absolute atomic E-state index is 0.249. The average Bonchev–Trinajstić information content (AvgIpc) is 2.47. The topological polar surface area (TPSA) is 68.3 Å². The van der Waals surface area contributed by atoms with Gasteiger partial charge < -0.3 is 10.1 Å². The standard InChI is InChI=1S/C14H9BrClFN2O3/c15-8-1-3-10(11(17)5-8)14(21)22-7-13(20)19-12-4-2-9(16)6-18-12/h1-6H,7H2,(H,18,19,20). The zero-order chi connectivity index (χ0) is 16.1. The van der Waals surface area contributed by atoms with Crippen molar-refractivity contribution in [2.24, 2.45) is 0 Å². The van der Waals surface area contributed by atoms with E-state index in [2.05, 4.69) is 26.2 Å². The lowest BCUT2D eigenvalue weighted by atomic mass is 10.2. The first-order chi connectivity index (χ1) is 10.5. The molecule has 0 spiro atoms. The van der Waals surface area contributed by atoms with Crippen molar-refractivity contribution in [3.8, 4) is 0 Å². The second-order valence-electron chi connectivity index (χ2n) is 4.11. The number of esters is 1. The van der Waals surface area contributed by atoms with E-state index in [0.29, 0.717) is 9.50 Å². The number of aromatic nitrogens is 1. The van der Waals surface area contributed by atoms with Crippen LogP contribution in [0, 0.1) is 5.82 Å². The number of pyridine rings is 1. The Morgan fingerprint density at radius 2 is 2.09 bits per heavy atom. The van der Waals surface area contributed by atoms with Gasteiger partial charge in [0.15, 0.2) is 6.61 Å². The molecule has 0 unspecified atom stereocenters. The van der Waals surface area contributed by atoms with Crippen molar-refractivity contribution < 1.29 is 18.7 Å².